The quantitative estimate of drug-likeness (QED) is 0.528. The number of aromatic nitrogens is 2. The van der Waals surface area contributed by atoms with Crippen LogP contribution in [0.3, 0.4) is 0 Å². The second-order valence-electron chi connectivity index (χ2n) is 8.62. The highest BCUT2D eigenvalue weighted by Gasteiger charge is 2.31. The fraction of sp³-hybridized carbons (Fsp3) is 0.375. The maximum atomic E-state index is 12.1. The lowest BCUT2D eigenvalue weighted by molar-refractivity contribution is -0.152. The smallest absolute Gasteiger partial charge is 0.347 e. The fourth-order valence-corrected chi connectivity index (χ4v) is 3.61. The van der Waals surface area contributed by atoms with Gasteiger partial charge in [0.2, 0.25) is 0 Å². The van der Waals surface area contributed by atoms with E-state index in [2.05, 4.69) is 18.8 Å². The van der Waals surface area contributed by atoms with Crippen LogP contribution < -0.4 is 4.74 Å². The normalized spacial score (nSPS) is 11.8. The minimum absolute atomic E-state index is 0.206. The minimum Gasteiger partial charge on any atom is -0.478 e. The van der Waals surface area contributed by atoms with Crippen molar-refractivity contribution in [3.05, 3.63) is 47.9 Å². The molecule has 0 fully saturated rings. The van der Waals surface area contributed by atoms with E-state index in [1.807, 2.05) is 22.8 Å². The average molecular weight is 424 g/mol. The Kier molecular flexibility index (Phi) is 6.06. The van der Waals surface area contributed by atoms with Gasteiger partial charge in [-0.3, -0.25) is 4.98 Å². The number of pyridine rings is 1. The molecule has 0 unspecified atom stereocenters. The molecule has 0 aliphatic carbocycles. The summed E-state index contributed by atoms with van der Waals surface area (Å²) >= 11 is 0. The van der Waals surface area contributed by atoms with Gasteiger partial charge in [-0.25, -0.2) is 9.59 Å². The lowest BCUT2D eigenvalue weighted by Crippen LogP contribution is -2.38. The third-order valence-electron chi connectivity index (χ3n) is 5.44. The summed E-state index contributed by atoms with van der Waals surface area (Å²) in [4.78, 5) is 27.8. The molecule has 164 valence electrons. The van der Waals surface area contributed by atoms with Crippen molar-refractivity contribution in [3.63, 3.8) is 0 Å². The third kappa shape index (κ3) is 4.40. The first kappa shape index (κ1) is 22.3. The van der Waals surface area contributed by atoms with Gasteiger partial charge < -0.3 is 19.5 Å². The van der Waals surface area contributed by atoms with Gasteiger partial charge in [-0.2, -0.15) is 0 Å². The maximum absolute atomic E-state index is 12.1. The van der Waals surface area contributed by atoms with Gasteiger partial charge >= 0.3 is 11.9 Å². The van der Waals surface area contributed by atoms with E-state index in [-0.39, 0.29) is 5.56 Å². The average Bonchev–Trinajstić information content (AvgIpc) is 2.96. The van der Waals surface area contributed by atoms with Crippen LogP contribution >= 0.6 is 0 Å². The monoisotopic (exact) mass is 424 g/mol. The number of fused-ring (bicyclic) bond motifs is 1. The van der Waals surface area contributed by atoms with Crippen LogP contribution in [0.5, 0.6) is 5.75 Å². The first-order valence-electron chi connectivity index (χ1n) is 10.3. The molecule has 0 saturated carbocycles. The number of benzene rings is 1. The SMILES string of the molecule is Cc1c(C(=O)O)c2cc(OC(C)(C)C(=O)O)c(-c3ccncc3)cc2n1CCC(C)C. The molecular weight excluding hydrogens is 396 g/mol. The standard InChI is InChI=1S/C24H28N2O5/c1-14(2)8-11-26-15(3)21(22(27)28)18-13-20(31-24(4,5)23(29)30)17(12-19(18)26)16-6-9-25-10-7-16/h6-7,9-10,12-14H,8,11H2,1-5H3,(H,27,28)(H,29,30). The van der Waals surface area contributed by atoms with E-state index in [0.29, 0.717) is 34.9 Å². The molecule has 0 aliphatic rings. The van der Waals surface area contributed by atoms with Crippen molar-refractivity contribution in [1.29, 1.82) is 0 Å². The number of aromatic carboxylic acids is 1. The van der Waals surface area contributed by atoms with Crippen molar-refractivity contribution in [1.82, 2.24) is 9.55 Å². The predicted molar refractivity (Wildman–Crippen MR) is 119 cm³/mol. The molecule has 2 heterocycles. The van der Waals surface area contributed by atoms with E-state index in [0.717, 1.165) is 17.5 Å². The second-order valence-corrected chi connectivity index (χ2v) is 8.62. The van der Waals surface area contributed by atoms with Gasteiger partial charge in [0.05, 0.1) is 5.56 Å². The summed E-state index contributed by atoms with van der Waals surface area (Å²) in [7, 11) is 0. The van der Waals surface area contributed by atoms with Crippen molar-refractivity contribution in [2.24, 2.45) is 5.92 Å². The summed E-state index contributed by atoms with van der Waals surface area (Å²) < 4.78 is 7.94. The number of nitrogens with zero attached hydrogens (tertiary/aromatic N) is 2. The zero-order valence-electron chi connectivity index (χ0n) is 18.5. The Hall–Kier alpha value is -3.35. The molecule has 1 aromatic carbocycles. The largest absolute Gasteiger partial charge is 0.478 e. The van der Waals surface area contributed by atoms with E-state index in [9.17, 15) is 19.8 Å². The van der Waals surface area contributed by atoms with Gasteiger partial charge in [0.1, 0.15) is 5.75 Å². The van der Waals surface area contributed by atoms with Crippen LogP contribution in [0.15, 0.2) is 36.7 Å². The van der Waals surface area contributed by atoms with E-state index in [1.54, 1.807) is 25.4 Å². The molecule has 0 radical (unpaired) electrons. The van der Waals surface area contributed by atoms with E-state index in [4.69, 9.17) is 4.74 Å². The van der Waals surface area contributed by atoms with Crippen LogP contribution in [-0.4, -0.2) is 37.3 Å². The first-order valence-corrected chi connectivity index (χ1v) is 10.3. The Morgan fingerprint density at radius 2 is 1.81 bits per heavy atom. The molecule has 0 bridgehead atoms. The number of aryl methyl sites for hydroxylation is 1. The number of hydrogen-bond acceptors (Lipinski definition) is 4. The molecule has 7 heteroatoms. The number of aliphatic carboxylic acids is 1. The van der Waals surface area contributed by atoms with Crippen molar-refractivity contribution in [2.45, 2.75) is 53.2 Å². The van der Waals surface area contributed by atoms with Crippen LogP contribution in [0.2, 0.25) is 0 Å². The third-order valence-corrected chi connectivity index (χ3v) is 5.44. The van der Waals surface area contributed by atoms with Crippen LogP contribution in [0.4, 0.5) is 0 Å². The predicted octanol–water partition coefficient (Wildman–Crippen LogP) is 5.00. The molecule has 7 nitrogen and oxygen atoms in total. The summed E-state index contributed by atoms with van der Waals surface area (Å²) in [5.74, 6) is -1.36. The number of rotatable bonds is 8. The number of carboxylic acids is 2. The van der Waals surface area contributed by atoms with Gasteiger partial charge in [0.25, 0.3) is 0 Å². The molecule has 0 atom stereocenters. The Morgan fingerprint density at radius 1 is 1.16 bits per heavy atom. The summed E-state index contributed by atoms with van der Waals surface area (Å²) in [5, 5.41) is 20.0. The van der Waals surface area contributed by atoms with Crippen molar-refractivity contribution >= 4 is 22.8 Å². The van der Waals surface area contributed by atoms with Gasteiger partial charge in [0, 0.05) is 41.1 Å². The molecule has 0 aliphatic heterocycles. The van der Waals surface area contributed by atoms with E-state index >= 15 is 0 Å². The van der Waals surface area contributed by atoms with Crippen LogP contribution in [0.25, 0.3) is 22.0 Å². The summed E-state index contributed by atoms with van der Waals surface area (Å²) in [6.07, 6.45) is 4.20. The Balaban J connectivity index is 2.32. The topological polar surface area (TPSA) is 102 Å². The highest BCUT2D eigenvalue weighted by molar-refractivity contribution is 6.07. The summed E-state index contributed by atoms with van der Waals surface area (Å²) in [6.45, 7) is 9.67. The lowest BCUT2D eigenvalue weighted by atomic mass is 10.0. The Labute approximate surface area is 181 Å². The molecule has 0 amide bonds. The summed E-state index contributed by atoms with van der Waals surface area (Å²) in [6, 6.07) is 7.16. The van der Waals surface area contributed by atoms with Crippen LogP contribution in [0, 0.1) is 12.8 Å². The molecule has 0 spiro atoms. The van der Waals surface area contributed by atoms with Gasteiger partial charge in [-0.15, -0.1) is 0 Å². The van der Waals surface area contributed by atoms with Gasteiger partial charge in [-0.1, -0.05) is 13.8 Å². The number of carbonyl (C=O) groups is 2. The number of ether oxygens (including phenoxy) is 1. The Bertz CT molecular complexity index is 1130. The zero-order valence-corrected chi connectivity index (χ0v) is 18.5. The van der Waals surface area contributed by atoms with Gasteiger partial charge in [0.15, 0.2) is 5.60 Å². The number of carboxylic acid groups (broad SMARTS) is 2. The molecule has 0 saturated heterocycles. The van der Waals surface area contributed by atoms with Crippen molar-refractivity contribution < 1.29 is 24.5 Å². The van der Waals surface area contributed by atoms with E-state index in [1.165, 1.54) is 13.8 Å². The second kappa shape index (κ2) is 8.41. The molecule has 2 aromatic heterocycles. The first-order chi connectivity index (χ1) is 14.5. The zero-order chi connectivity index (χ0) is 22.9. The fourth-order valence-electron chi connectivity index (χ4n) is 3.61. The molecule has 3 aromatic rings. The van der Waals surface area contributed by atoms with Gasteiger partial charge in [-0.05, 0) is 62.9 Å². The summed E-state index contributed by atoms with van der Waals surface area (Å²) in [5.41, 5.74) is 1.65. The lowest BCUT2D eigenvalue weighted by Gasteiger charge is -2.24. The molecule has 3 rings (SSSR count). The Morgan fingerprint density at radius 3 is 2.35 bits per heavy atom. The number of hydrogen-bond donors (Lipinski definition) is 2. The van der Waals surface area contributed by atoms with Crippen LogP contribution in [-0.2, 0) is 11.3 Å². The maximum Gasteiger partial charge on any atom is 0.347 e. The highest BCUT2D eigenvalue weighted by atomic mass is 16.5. The highest BCUT2D eigenvalue weighted by Crippen LogP contribution is 2.39. The molecule has 31 heavy (non-hydrogen) atoms. The van der Waals surface area contributed by atoms with Crippen molar-refractivity contribution in [2.75, 3.05) is 0 Å². The molecule has 2 N–H and O–H groups in total. The van der Waals surface area contributed by atoms with Crippen molar-refractivity contribution in [3.8, 4) is 16.9 Å². The minimum atomic E-state index is -1.49. The van der Waals surface area contributed by atoms with Crippen LogP contribution in [0.1, 0.15) is 50.2 Å². The molecular formula is C24H28N2O5. The van der Waals surface area contributed by atoms with E-state index < -0.39 is 17.5 Å².